The maximum Gasteiger partial charge on any atom is 0.138 e. The van der Waals surface area contributed by atoms with E-state index >= 15 is 0 Å². The lowest BCUT2D eigenvalue weighted by atomic mass is 9.94. The minimum Gasteiger partial charge on any atom is -0.192 e. The van der Waals surface area contributed by atoms with Crippen LogP contribution < -0.4 is 20.9 Å². The van der Waals surface area contributed by atoms with Gasteiger partial charge in [0.15, 0.2) is 0 Å². The van der Waals surface area contributed by atoms with Crippen molar-refractivity contribution in [3.8, 4) is 48.6 Å². The van der Waals surface area contributed by atoms with Crippen LogP contribution >= 0.6 is 90.4 Å². The van der Waals surface area contributed by atoms with E-state index in [0.29, 0.717) is 64.0 Å². The molecule has 0 unspecified atom stereocenters. The van der Waals surface area contributed by atoms with Crippen molar-refractivity contribution >= 4 is 177 Å². The number of nitriles is 8. The van der Waals surface area contributed by atoms with E-state index in [1.54, 1.807) is 0 Å². The van der Waals surface area contributed by atoms with E-state index in [2.05, 4.69) is 151 Å². The van der Waals surface area contributed by atoms with E-state index in [1.165, 1.54) is 21.5 Å². The fraction of sp³-hybridized carbons (Fsp3) is 0. The van der Waals surface area contributed by atoms with Crippen LogP contribution in [0.3, 0.4) is 0 Å². The first-order chi connectivity index (χ1) is 32.0. The van der Waals surface area contributed by atoms with Crippen LogP contribution in [0.1, 0.15) is 0 Å². The zero-order valence-electron chi connectivity index (χ0n) is 33.8. The van der Waals surface area contributed by atoms with E-state index in [4.69, 9.17) is 0 Å². The summed E-state index contributed by atoms with van der Waals surface area (Å²) in [4.78, 5) is 0. The van der Waals surface area contributed by atoms with Crippen LogP contribution in [0.25, 0.3) is 86.9 Å². The first-order valence-corrected chi connectivity index (χ1v) is 23.6. The highest BCUT2D eigenvalue weighted by molar-refractivity contribution is 14.1. The Labute approximate surface area is 431 Å². The first kappa shape index (κ1) is 46.8. The molecule has 66 heavy (non-hydrogen) atoms. The van der Waals surface area contributed by atoms with Gasteiger partial charge in [-0.25, -0.2) is 0 Å². The molecule has 306 valence electrons. The summed E-state index contributed by atoms with van der Waals surface area (Å²) in [5.74, 6) is 0. The third kappa shape index (κ3) is 9.20. The Kier molecular flexibility index (Phi) is 14.8. The molecule has 0 aliphatic rings. The molecule has 0 aliphatic heterocycles. The highest BCUT2D eigenvalue weighted by Gasteiger charge is 2.15. The zero-order chi connectivity index (χ0) is 47.1. The quantitative estimate of drug-likeness (QED) is 0.106. The molecule has 0 saturated heterocycles. The summed E-state index contributed by atoms with van der Waals surface area (Å²) in [5, 5.41) is 88.6. The van der Waals surface area contributed by atoms with Gasteiger partial charge in [-0.1, -0.05) is 72.8 Å². The summed E-state index contributed by atoms with van der Waals surface area (Å²) in [6.45, 7) is 0. The van der Waals surface area contributed by atoms with Crippen molar-refractivity contribution in [1.82, 2.24) is 0 Å². The van der Waals surface area contributed by atoms with Crippen LogP contribution in [0, 0.1) is 105 Å². The van der Waals surface area contributed by atoms with Gasteiger partial charge >= 0.3 is 0 Å². The minimum absolute atomic E-state index is 0.00484. The molecule has 0 radical (unpaired) electrons. The van der Waals surface area contributed by atoms with Crippen molar-refractivity contribution in [1.29, 1.82) is 42.1 Å². The van der Waals surface area contributed by atoms with Gasteiger partial charge in [0.25, 0.3) is 0 Å². The number of hydrogen-bond acceptors (Lipinski definition) is 8. The molecule has 0 heterocycles. The van der Waals surface area contributed by atoms with Gasteiger partial charge in [-0.3, -0.25) is 0 Å². The van der Waals surface area contributed by atoms with E-state index in [-0.39, 0.29) is 22.3 Å². The van der Waals surface area contributed by atoms with Crippen LogP contribution in [-0.2, 0) is 0 Å². The molecule has 0 atom stereocenters. The van der Waals surface area contributed by atoms with Gasteiger partial charge in [-0.2, -0.15) is 42.1 Å². The highest BCUT2D eigenvalue weighted by atomic mass is 127. The fourth-order valence-electron chi connectivity index (χ4n) is 7.85. The largest absolute Gasteiger partial charge is 0.192 e. The second-order valence-electron chi connectivity index (χ2n) is 14.2. The van der Waals surface area contributed by atoms with Crippen LogP contribution in [0.5, 0.6) is 0 Å². The lowest BCUT2D eigenvalue weighted by Crippen LogP contribution is -2.18. The standard InChI is InChI=1S/2C20H6I2N4.C14H10/c2*21-13-1-3-15-17(5-13)20(12(9-25)10-26)16-4-2-14(22)6-18(16)19(15)11(7-23)8-24;1-2-6-12-10-14-8-4-3-7-13(14)9-11(12)5-1/h2*1-6H;1-10H. The molecule has 0 aliphatic carbocycles. The van der Waals surface area contributed by atoms with Crippen molar-refractivity contribution < 1.29 is 0 Å². The Morgan fingerprint density at radius 1 is 0.258 bits per heavy atom. The minimum atomic E-state index is 0.00484. The Morgan fingerprint density at radius 3 is 0.636 bits per heavy atom. The molecule has 0 bridgehead atoms. The summed E-state index contributed by atoms with van der Waals surface area (Å²) in [7, 11) is 0. The third-order valence-corrected chi connectivity index (χ3v) is 13.3. The molecule has 0 aromatic heterocycles. The van der Waals surface area contributed by atoms with E-state index in [1.807, 2.05) is 121 Å². The van der Waals surface area contributed by atoms with Crippen LogP contribution in [0.15, 0.2) is 133 Å². The molecular weight excluding hydrogens is 1270 g/mol. The second-order valence-corrected chi connectivity index (χ2v) is 19.2. The third-order valence-electron chi connectivity index (χ3n) is 10.6. The molecule has 0 N–H and O–H groups in total. The molecule has 9 aromatic carbocycles. The molecule has 12 heteroatoms. The van der Waals surface area contributed by atoms with Gasteiger partial charge in [0.05, 0.1) is 0 Å². The molecule has 0 spiro atoms. The number of nitrogens with zero attached hydrogens (tertiary/aromatic N) is 8. The number of halogens is 4. The first-order valence-electron chi connectivity index (χ1n) is 19.3. The number of rotatable bonds is 0. The highest BCUT2D eigenvalue weighted by Crippen LogP contribution is 2.24. The normalized spacial score (nSPS) is 10.0. The second kappa shape index (κ2) is 20.8. The Morgan fingerprint density at radius 2 is 0.455 bits per heavy atom. The maximum absolute atomic E-state index is 9.47. The van der Waals surface area contributed by atoms with Crippen LogP contribution in [-0.4, -0.2) is 0 Å². The molecular formula is C54H22I4N8. The van der Waals surface area contributed by atoms with Crippen molar-refractivity contribution in [3.05, 3.63) is 169 Å². The van der Waals surface area contributed by atoms with Gasteiger partial charge in [0.1, 0.15) is 70.8 Å². The van der Waals surface area contributed by atoms with Gasteiger partial charge in [0, 0.05) is 35.2 Å². The number of hydrogen-bond donors (Lipinski definition) is 0. The summed E-state index contributed by atoms with van der Waals surface area (Å²) < 4.78 is 3.71. The predicted molar refractivity (Wildman–Crippen MR) is 292 cm³/mol. The number of fused-ring (bicyclic) bond motifs is 6. The van der Waals surface area contributed by atoms with Crippen molar-refractivity contribution in [2.24, 2.45) is 0 Å². The van der Waals surface area contributed by atoms with E-state index in [0.717, 1.165) is 14.3 Å². The molecule has 9 aromatic rings. The van der Waals surface area contributed by atoms with Crippen molar-refractivity contribution in [3.63, 3.8) is 0 Å². The Balaban J connectivity index is 0.000000154. The molecule has 0 fully saturated rings. The maximum atomic E-state index is 9.47. The monoisotopic (exact) mass is 1290 g/mol. The topological polar surface area (TPSA) is 190 Å². The Hall–Kier alpha value is -7.14. The lowest BCUT2D eigenvalue weighted by molar-refractivity contribution is 1.49. The number of benzene rings is 9. The summed E-state index contributed by atoms with van der Waals surface area (Å²) >= 11 is 8.62. The summed E-state index contributed by atoms with van der Waals surface area (Å²) in [6, 6.07) is 59.5. The summed E-state index contributed by atoms with van der Waals surface area (Å²) in [6.07, 6.45) is 0. The predicted octanol–water partition coefficient (Wildman–Crippen LogP) is 11.2. The molecule has 0 amide bonds. The molecule has 9 rings (SSSR count). The Bertz CT molecular complexity index is 3610. The van der Waals surface area contributed by atoms with Crippen LogP contribution in [0.4, 0.5) is 0 Å². The zero-order valence-corrected chi connectivity index (χ0v) is 42.4. The van der Waals surface area contributed by atoms with Crippen molar-refractivity contribution in [2.45, 2.75) is 0 Å². The van der Waals surface area contributed by atoms with Gasteiger partial charge in [-0.15, -0.1) is 0 Å². The van der Waals surface area contributed by atoms with Gasteiger partial charge in [0.2, 0.25) is 0 Å². The summed E-state index contributed by atoms with van der Waals surface area (Å²) in [5.41, 5.74) is 0.0193. The van der Waals surface area contributed by atoms with E-state index in [9.17, 15) is 42.1 Å². The lowest BCUT2D eigenvalue weighted by Gasteiger charge is -2.09. The smallest absolute Gasteiger partial charge is 0.138 e. The van der Waals surface area contributed by atoms with Gasteiger partial charge in [-0.05, 0) is 216 Å². The fourth-order valence-corrected chi connectivity index (χ4v) is 9.82. The van der Waals surface area contributed by atoms with Gasteiger partial charge < -0.3 is 0 Å². The molecule has 0 saturated carbocycles. The van der Waals surface area contributed by atoms with E-state index < -0.39 is 0 Å². The average Bonchev–Trinajstić information content (AvgIpc) is 3.33. The average molecular weight is 1290 g/mol. The van der Waals surface area contributed by atoms with Crippen LogP contribution in [0.2, 0.25) is 0 Å². The SMILES string of the molecule is N#CC(C#N)=c1c2ccc(I)cc2c(=C(C#N)C#N)c2ccc(I)cc12.N#CC(C#N)=c1c2ccc(I)cc2c(=C(C#N)C#N)c2ccc(I)cc12.c1ccc2cc3ccccc3cc2c1. The molecule has 8 nitrogen and oxygen atoms in total. The van der Waals surface area contributed by atoms with Crippen molar-refractivity contribution in [2.75, 3.05) is 0 Å².